The van der Waals surface area contributed by atoms with Crippen molar-refractivity contribution >= 4 is 23.8 Å². The van der Waals surface area contributed by atoms with Crippen molar-refractivity contribution in [2.24, 2.45) is 5.92 Å². The standard InChI is InChI=1S/C8H13NO4S/c1-5(7(10)11)3-14-4-6-2-9-8(12)13-6/h5-6H,2-4H2,1H3,(H,9,12)(H,10,11). The largest absolute Gasteiger partial charge is 0.481 e. The van der Waals surface area contributed by atoms with E-state index in [1.807, 2.05) is 0 Å². The maximum absolute atomic E-state index is 10.6. The van der Waals surface area contributed by atoms with Crippen molar-refractivity contribution in [3.8, 4) is 0 Å². The highest BCUT2D eigenvalue weighted by molar-refractivity contribution is 7.99. The number of cyclic esters (lactones) is 1. The zero-order valence-corrected chi connectivity index (χ0v) is 8.67. The molecule has 1 rings (SSSR count). The van der Waals surface area contributed by atoms with Gasteiger partial charge in [-0.15, -0.1) is 0 Å². The molecule has 1 heterocycles. The first kappa shape index (κ1) is 11.2. The van der Waals surface area contributed by atoms with E-state index in [2.05, 4.69) is 5.32 Å². The minimum atomic E-state index is -0.793. The summed E-state index contributed by atoms with van der Waals surface area (Å²) in [4.78, 5) is 21.1. The molecule has 0 aromatic carbocycles. The Kier molecular flexibility index (Phi) is 4.06. The minimum Gasteiger partial charge on any atom is -0.481 e. The van der Waals surface area contributed by atoms with Gasteiger partial charge in [-0.05, 0) is 0 Å². The van der Waals surface area contributed by atoms with Gasteiger partial charge in [0.1, 0.15) is 6.10 Å². The number of alkyl carbamates (subject to hydrolysis) is 1. The number of carbonyl (C=O) groups is 2. The van der Waals surface area contributed by atoms with Crippen LogP contribution in [0.2, 0.25) is 0 Å². The summed E-state index contributed by atoms with van der Waals surface area (Å²) in [7, 11) is 0. The summed E-state index contributed by atoms with van der Waals surface area (Å²) < 4.78 is 4.89. The summed E-state index contributed by atoms with van der Waals surface area (Å²) in [6.45, 7) is 2.18. The normalized spacial score (nSPS) is 22.6. The molecule has 2 unspecified atom stereocenters. The fourth-order valence-electron chi connectivity index (χ4n) is 0.972. The van der Waals surface area contributed by atoms with Crippen molar-refractivity contribution in [1.29, 1.82) is 0 Å². The second-order valence-corrected chi connectivity index (χ2v) is 4.26. The molecule has 1 saturated heterocycles. The fraction of sp³-hybridized carbons (Fsp3) is 0.750. The molecular formula is C8H13NO4S. The van der Waals surface area contributed by atoms with Crippen LogP contribution in [0.3, 0.4) is 0 Å². The van der Waals surface area contributed by atoms with Crippen LogP contribution in [0, 0.1) is 5.92 Å². The lowest BCUT2D eigenvalue weighted by molar-refractivity contribution is -0.140. The van der Waals surface area contributed by atoms with Crippen LogP contribution in [0.15, 0.2) is 0 Å². The fourth-order valence-corrected chi connectivity index (χ4v) is 2.05. The molecule has 0 aromatic heterocycles. The van der Waals surface area contributed by atoms with Crippen LogP contribution in [0.4, 0.5) is 4.79 Å². The third-order valence-corrected chi connectivity index (χ3v) is 3.18. The van der Waals surface area contributed by atoms with E-state index in [0.717, 1.165) is 0 Å². The van der Waals surface area contributed by atoms with E-state index in [1.165, 1.54) is 11.8 Å². The summed E-state index contributed by atoms with van der Waals surface area (Å²) >= 11 is 1.49. The molecule has 0 aliphatic carbocycles. The Labute approximate surface area is 86.2 Å². The Morgan fingerprint density at radius 1 is 1.86 bits per heavy atom. The van der Waals surface area contributed by atoms with Crippen molar-refractivity contribution in [3.63, 3.8) is 0 Å². The van der Waals surface area contributed by atoms with Gasteiger partial charge in [-0.1, -0.05) is 6.92 Å². The Bertz CT molecular complexity index is 233. The molecule has 1 amide bonds. The van der Waals surface area contributed by atoms with Gasteiger partial charge in [0.2, 0.25) is 0 Å². The molecule has 0 bridgehead atoms. The maximum atomic E-state index is 10.6. The van der Waals surface area contributed by atoms with Crippen LogP contribution in [-0.2, 0) is 9.53 Å². The number of amides is 1. The van der Waals surface area contributed by atoms with Gasteiger partial charge < -0.3 is 15.2 Å². The van der Waals surface area contributed by atoms with Gasteiger partial charge in [0.05, 0.1) is 12.5 Å². The first-order valence-corrected chi connectivity index (χ1v) is 5.50. The number of rotatable bonds is 5. The molecule has 1 aliphatic heterocycles. The Hall–Kier alpha value is -0.910. The van der Waals surface area contributed by atoms with Gasteiger partial charge in [-0.3, -0.25) is 4.79 Å². The number of carboxylic acid groups (broad SMARTS) is 1. The van der Waals surface area contributed by atoms with E-state index >= 15 is 0 Å². The number of carbonyl (C=O) groups excluding carboxylic acids is 1. The van der Waals surface area contributed by atoms with Crippen molar-refractivity contribution in [2.75, 3.05) is 18.1 Å². The second kappa shape index (κ2) is 5.09. The van der Waals surface area contributed by atoms with Gasteiger partial charge in [0.25, 0.3) is 0 Å². The molecule has 0 aromatic rings. The van der Waals surface area contributed by atoms with Gasteiger partial charge in [-0.25, -0.2) is 4.79 Å². The number of aliphatic carboxylic acids is 1. The van der Waals surface area contributed by atoms with Gasteiger partial charge in [-0.2, -0.15) is 11.8 Å². The lowest BCUT2D eigenvalue weighted by Gasteiger charge is -2.08. The van der Waals surface area contributed by atoms with E-state index in [-0.39, 0.29) is 18.1 Å². The summed E-state index contributed by atoms with van der Waals surface area (Å²) in [5.41, 5.74) is 0. The Morgan fingerprint density at radius 3 is 3.07 bits per heavy atom. The van der Waals surface area contributed by atoms with Gasteiger partial charge in [0, 0.05) is 11.5 Å². The number of hydrogen-bond donors (Lipinski definition) is 2. The van der Waals surface area contributed by atoms with E-state index in [9.17, 15) is 9.59 Å². The number of hydrogen-bond acceptors (Lipinski definition) is 4. The van der Waals surface area contributed by atoms with E-state index < -0.39 is 5.97 Å². The first-order chi connectivity index (χ1) is 6.59. The smallest absolute Gasteiger partial charge is 0.407 e. The van der Waals surface area contributed by atoms with Crippen LogP contribution in [0.1, 0.15) is 6.92 Å². The SMILES string of the molecule is CC(CSCC1CNC(=O)O1)C(=O)O. The zero-order valence-electron chi connectivity index (χ0n) is 7.86. The third-order valence-electron chi connectivity index (χ3n) is 1.84. The highest BCUT2D eigenvalue weighted by Gasteiger charge is 2.22. The highest BCUT2D eigenvalue weighted by Crippen LogP contribution is 2.13. The first-order valence-electron chi connectivity index (χ1n) is 4.34. The summed E-state index contributed by atoms with van der Waals surface area (Å²) in [6.07, 6.45) is -0.504. The topological polar surface area (TPSA) is 75.6 Å². The lowest BCUT2D eigenvalue weighted by Crippen LogP contribution is -2.18. The molecule has 14 heavy (non-hydrogen) atoms. The predicted octanol–water partition coefficient (Wildman–Crippen LogP) is 0.549. The predicted molar refractivity (Wildman–Crippen MR) is 52.4 cm³/mol. The van der Waals surface area contributed by atoms with Crippen molar-refractivity contribution in [3.05, 3.63) is 0 Å². The molecule has 0 spiro atoms. The summed E-state index contributed by atoms with van der Waals surface area (Å²) in [6, 6.07) is 0. The minimum absolute atomic E-state index is 0.117. The average Bonchev–Trinajstić information content (AvgIpc) is 2.51. The van der Waals surface area contributed by atoms with Crippen LogP contribution < -0.4 is 5.32 Å². The molecule has 1 fully saturated rings. The second-order valence-electron chi connectivity index (χ2n) is 3.18. The quantitative estimate of drug-likeness (QED) is 0.706. The van der Waals surface area contributed by atoms with E-state index in [0.29, 0.717) is 18.1 Å². The molecule has 80 valence electrons. The van der Waals surface area contributed by atoms with Crippen LogP contribution in [0.25, 0.3) is 0 Å². The average molecular weight is 219 g/mol. The summed E-state index contributed by atoms with van der Waals surface area (Å²) in [5, 5.41) is 11.1. The maximum Gasteiger partial charge on any atom is 0.407 e. The highest BCUT2D eigenvalue weighted by atomic mass is 32.2. The molecule has 2 N–H and O–H groups in total. The third kappa shape index (κ3) is 3.45. The van der Waals surface area contributed by atoms with Gasteiger partial charge >= 0.3 is 12.1 Å². The number of carboxylic acids is 1. The summed E-state index contributed by atoms with van der Waals surface area (Å²) in [5.74, 6) is 0.0452. The molecule has 2 atom stereocenters. The monoisotopic (exact) mass is 219 g/mol. The molecule has 6 heteroatoms. The molecule has 0 radical (unpaired) electrons. The van der Waals surface area contributed by atoms with E-state index in [1.54, 1.807) is 6.92 Å². The van der Waals surface area contributed by atoms with Gasteiger partial charge in [0.15, 0.2) is 0 Å². The Balaban J connectivity index is 2.09. The number of nitrogens with one attached hydrogen (secondary N) is 1. The lowest BCUT2D eigenvalue weighted by atomic mass is 10.2. The zero-order chi connectivity index (χ0) is 10.6. The molecule has 1 aliphatic rings. The van der Waals surface area contributed by atoms with Crippen LogP contribution in [-0.4, -0.2) is 41.3 Å². The van der Waals surface area contributed by atoms with Crippen molar-refractivity contribution < 1.29 is 19.4 Å². The molecule has 0 saturated carbocycles. The van der Waals surface area contributed by atoms with E-state index in [4.69, 9.17) is 9.84 Å². The number of thioether (sulfide) groups is 1. The van der Waals surface area contributed by atoms with Crippen molar-refractivity contribution in [1.82, 2.24) is 5.32 Å². The van der Waals surface area contributed by atoms with Crippen LogP contribution >= 0.6 is 11.8 Å². The molecular weight excluding hydrogens is 206 g/mol. The Morgan fingerprint density at radius 2 is 2.57 bits per heavy atom. The number of ether oxygens (including phenoxy) is 1. The van der Waals surface area contributed by atoms with Crippen molar-refractivity contribution in [2.45, 2.75) is 13.0 Å². The van der Waals surface area contributed by atoms with Crippen LogP contribution in [0.5, 0.6) is 0 Å². The molecule has 5 nitrogen and oxygen atoms in total.